The predicted octanol–water partition coefficient (Wildman–Crippen LogP) is 0.772. The third kappa shape index (κ3) is 4.59. The number of hydrogen-bond donors (Lipinski definition) is 1. The molecule has 122 valence electrons. The van der Waals surface area contributed by atoms with Crippen molar-refractivity contribution in [3.63, 3.8) is 0 Å². The number of ether oxygens (including phenoxy) is 4. The number of aliphatic hydroxyl groups excluding tert-OH is 1. The quantitative estimate of drug-likeness (QED) is 0.450. The van der Waals surface area contributed by atoms with E-state index >= 15 is 0 Å². The highest BCUT2D eigenvalue weighted by Crippen LogP contribution is 2.27. The van der Waals surface area contributed by atoms with E-state index in [9.17, 15) is 19.5 Å². The van der Waals surface area contributed by atoms with Crippen molar-refractivity contribution in [2.75, 3.05) is 27.4 Å². The minimum absolute atomic E-state index is 0.0368. The maximum atomic E-state index is 11.9. The molecule has 0 atom stereocenters. The van der Waals surface area contributed by atoms with Crippen LogP contribution in [0.15, 0.2) is 22.7 Å². The monoisotopic (exact) mass is 314 g/mol. The maximum absolute atomic E-state index is 11.9. The number of rotatable bonds is 5. The van der Waals surface area contributed by atoms with E-state index in [4.69, 9.17) is 9.47 Å². The molecule has 22 heavy (non-hydrogen) atoms. The van der Waals surface area contributed by atoms with Gasteiger partial charge in [-0.25, -0.2) is 4.79 Å². The highest BCUT2D eigenvalue weighted by Gasteiger charge is 2.30. The van der Waals surface area contributed by atoms with Gasteiger partial charge in [-0.05, 0) is 0 Å². The Balaban J connectivity index is 3.16. The lowest BCUT2D eigenvalue weighted by Crippen LogP contribution is -2.24. The van der Waals surface area contributed by atoms with Crippen LogP contribution in [0.5, 0.6) is 0 Å². The molecule has 0 amide bonds. The van der Waals surface area contributed by atoms with Crippen molar-refractivity contribution < 1.29 is 38.4 Å². The molecule has 1 aliphatic heterocycles. The summed E-state index contributed by atoms with van der Waals surface area (Å²) in [5.41, 5.74) is 0.0598. The molecule has 0 saturated carbocycles. The van der Waals surface area contributed by atoms with Crippen molar-refractivity contribution in [2.24, 2.45) is 0 Å². The minimum Gasteiger partial charge on any atom is -0.512 e. The summed E-state index contributed by atoms with van der Waals surface area (Å²) < 4.78 is 19.3. The number of esters is 3. The molecule has 1 aliphatic rings. The van der Waals surface area contributed by atoms with E-state index in [0.717, 1.165) is 0 Å². The first-order valence-electron chi connectivity index (χ1n) is 6.46. The predicted molar refractivity (Wildman–Crippen MR) is 72.5 cm³/mol. The molecule has 8 heteroatoms. The summed E-state index contributed by atoms with van der Waals surface area (Å²) in [7, 11) is 2.40. The van der Waals surface area contributed by atoms with Gasteiger partial charge in [-0.1, -0.05) is 0 Å². The Morgan fingerprint density at radius 2 is 1.82 bits per heavy atom. The van der Waals surface area contributed by atoms with E-state index in [-0.39, 0.29) is 48.7 Å². The van der Waals surface area contributed by atoms with Gasteiger partial charge >= 0.3 is 17.9 Å². The molecular weight excluding hydrogens is 296 g/mol. The summed E-state index contributed by atoms with van der Waals surface area (Å²) in [6, 6.07) is 0. The van der Waals surface area contributed by atoms with Gasteiger partial charge in [0.2, 0.25) is 0 Å². The molecular formula is C14H18O8. The molecule has 0 fully saturated rings. The van der Waals surface area contributed by atoms with Gasteiger partial charge < -0.3 is 24.1 Å². The number of carbonyl (C=O) groups is 3. The second-order valence-corrected chi connectivity index (χ2v) is 4.38. The van der Waals surface area contributed by atoms with E-state index in [1.807, 2.05) is 0 Å². The normalized spacial score (nSPS) is 16.9. The lowest BCUT2D eigenvalue weighted by molar-refractivity contribution is -0.141. The van der Waals surface area contributed by atoms with E-state index in [0.29, 0.717) is 0 Å². The largest absolute Gasteiger partial charge is 0.512 e. The van der Waals surface area contributed by atoms with Crippen LogP contribution in [0.2, 0.25) is 0 Å². The van der Waals surface area contributed by atoms with Gasteiger partial charge in [0, 0.05) is 18.9 Å². The van der Waals surface area contributed by atoms with Crippen molar-refractivity contribution in [2.45, 2.75) is 19.8 Å². The zero-order valence-electron chi connectivity index (χ0n) is 12.6. The molecule has 1 N–H and O–H groups in total. The van der Waals surface area contributed by atoms with Crippen LogP contribution in [-0.4, -0.2) is 50.4 Å². The molecule has 1 heterocycles. The van der Waals surface area contributed by atoms with Crippen LogP contribution < -0.4 is 0 Å². The van der Waals surface area contributed by atoms with E-state index in [1.165, 1.54) is 21.1 Å². The van der Waals surface area contributed by atoms with Crippen LogP contribution >= 0.6 is 0 Å². The second-order valence-electron chi connectivity index (χ2n) is 4.38. The molecule has 8 nitrogen and oxygen atoms in total. The van der Waals surface area contributed by atoms with Gasteiger partial charge in [0.15, 0.2) is 0 Å². The topological polar surface area (TPSA) is 108 Å². The Bertz CT molecular complexity index is 529. The lowest BCUT2D eigenvalue weighted by atomic mass is 10.00. The van der Waals surface area contributed by atoms with Gasteiger partial charge in [0.05, 0.1) is 33.0 Å². The fourth-order valence-corrected chi connectivity index (χ4v) is 1.85. The fraction of sp³-hybridized carbons (Fsp3) is 0.500. The van der Waals surface area contributed by atoms with Crippen LogP contribution in [0.25, 0.3) is 0 Å². The zero-order valence-corrected chi connectivity index (χ0v) is 12.6. The third-order valence-corrected chi connectivity index (χ3v) is 2.86. The molecule has 0 bridgehead atoms. The highest BCUT2D eigenvalue weighted by molar-refractivity contribution is 5.95. The summed E-state index contributed by atoms with van der Waals surface area (Å²) in [5.74, 6) is -2.16. The van der Waals surface area contributed by atoms with Crippen LogP contribution in [0.3, 0.4) is 0 Å². The average Bonchev–Trinajstić information content (AvgIpc) is 2.50. The van der Waals surface area contributed by atoms with Crippen LogP contribution in [0.4, 0.5) is 0 Å². The van der Waals surface area contributed by atoms with Gasteiger partial charge in [-0.2, -0.15) is 0 Å². The summed E-state index contributed by atoms with van der Waals surface area (Å²) in [5, 5.41) is 10.1. The first-order chi connectivity index (χ1) is 10.4. The Morgan fingerprint density at radius 1 is 1.14 bits per heavy atom. The molecule has 0 aromatic heterocycles. The zero-order chi connectivity index (χ0) is 16.7. The Hall–Kier alpha value is -2.35. The average molecular weight is 314 g/mol. The number of carbonyl (C=O) groups excluding carboxylic acids is 3. The molecule has 0 aromatic rings. The number of hydrogen-bond acceptors (Lipinski definition) is 8. The van der Waals surface area contributed by atoms with Crippen molar-refractivity contribution in [3.05, 3.63) is 22.7 Å². The van der Waals surface area contributed by atoms with E-state index in [2.05, 4.69) is 9.47 Å². The molecule has 0 unspecified atom stereocenters. The SMILES string of the molecule is COC(=O)CC/C(O)=C1/COCC(OC(C)=O)=C1C(=O)OC. The molecule has 0 radical (unpaired) electrons. The Kier molecular flexibility index (Phi) is 6.58. The molecule has 0 spiro atoms. The summed E-state index contributed by atoms with van der Waals surface area (Å²) in [4.78, 5) is 34.1. The number of allylic oxidation sites excluding steroid dienone is 1. The van der Waals surface area contributed by atoms with Crippen LogP contribution in [0.1, 0.15) is 19.8 Å². The Labute approximate surface area is 127 Å². The van der Waals surface area contributed by atoms with Crippen molar-refractivity contribution >= 4 is 17.9 Å². The first kappa shape index (κ1) is 17.7. The van der Waals surface area contributed by atoms with Gasteiger partial charge in [-0.3, -0.25) is 9.59 Å². The standard InChI is InChI=1S/C14H18O8/c1-8(15)22-11-7-21-6-9(13(11)14(18)20-3)10(16)4-5-12(17)19-2/h16H,4-7H2,1-3H3/b10-9+. The third-order valence-electron chi connectivity index (χ3n) is 2.86. The maximum Gasteiger partial charge on any atom is 0.341 e. The van der Waals surface area contributed by atoms with Gasteiger partial charge in [0.25, 0.3) is 0 Å². The molecule has 1 rings (SSSR count). The summed E-state index contributed by atoms with van der Waals surface area (Å²) in [6.07, 6.45) is -0.109. The summed E-state index contributed by atoms with van der Waals surface area (Å²) in [6.45, 7) is 1.01. The van der Waals surface area contributed by atoms with Crippen molar-refractivity contribution in [1.82, 2.24) is 0 Å². The lowest BCUT2D eigenvalue weighted by Gasteiger charge is -2.22. The highest BCUT2D eigenvalue weighted by atomic mass is 16.6. The summed E-state index contributed by atoms with van der Waals surface area (Å²) >= 11 is 0. The first-order valence-corrected chi connectivity index (χ1v) is 6.46. The van der Waals surface area contributed by atoms with Crippen molar-refractivity contribution in [3.8, 4) is 0 Å². The molecule has 0 aromatic carbocycles. The van der Waals surface area contributed by atoms with Gasteiger partial charge in [-0.15, -0.1) is 0 Å². The Morgan fingerprint density at radius 3 is 2.36 bits per heavy atom. The van der Waals surface area contributed by atoms with Crippen LogP contribution in [0, 0.1) is 0 Å². The second kappa shape index (κ2) is 8.18. The number of aliphatic hydroxyl groups is 1. The van der Waals surface area contributed by atoms with E-state index < -0.39 is 17.9 Å². The van der Waals surface area contributed by atoms with Crippen molar-refractivity contribution in [1.29, 1.82) is 0 Å². The van der Waals surface area contributed by atoms with E-state index in [1.54, 1.807) is 0 Å². The number of methoxy groups -OCH3 is 2. The molecule has 0 aliphatic carbocycles. The van der Waals surface area contributed by atoms with Crippen LogP contribution in [-0.2, 0) is 33.3 Å². The van der Waals surface area contributed by atoms with Gasteiger partial charge in [0.1, 0.15) is 17.9 Å². The molecule has 0 saturated heterocycles. The fourth-order valence-electron chi connectivity index (χ4n) is 1.85. The smallest absolute Gasteiger partial charge is 0.341 e. The minimum atomic E-state index is -0.765.